The highest BCUT2D eigenvalue weighted by Gasteiger charge is 2.15. The molecule has 0 spiro atoms. The number of nitrogens with zero attached hydrogens (tertiary/aromatic N) is 4. The maximum Gasteiger partial charge on any atom is 0.255 e. The van der Waals surface area contributed by atoms with Crippen molar-refractivity contribution in [2.24, 2.45) is 0 Å². The van der Waals surface area contributed by atoms with Crippen molar-refractivity contribution in [1.82, 2.24) is 19.8 Å². The maximum atomic E-state index is 12.9. The normalized spacial score (nSPS) is 14.0. The summed E-state index contributed by atoms with van der Waals surface area (Å²) in [5.41, 5.74) is 10.5. The van der Waals surface area contributed by atoms with Crippen LogP contribution >= 0.6 is 0 Å². The van der Waals surface area contributed by atoms with E-state index in [9.17, 15) is 4.79 Å². The van der Waals surface area contributed by atoms with E-state index >= 15 is 0 Å². The molecule has 0 aliphatic carbocycles. The molecule has 1 saturated heterocycles. The summed E-state index contributed by atoms with van der Waals surface area (Å²) >= 11 is 0. The van der Waals surface area contributed by atoms with Gasteiger partial charge < -0.3 is 21.3 Å². The number of anilines is 3. The van der Waals surface area contributed by atoms with Crippen LogP contribution in [0.25, 0.3) is 0 Å². The minimum atomic E-state index is -0.185. The molecule has 1 aliphatic heterocycles. The molecule has 1 aromatic heterocycles. The van der Waals surface area contributed by atoms with Crippen molar-refractivity contribution < 1.29 is 4.79 Å². The zero-order valence-electron chi connectivity index (χ0n) is 23.0. The van der Waals surface area contributed by atoms with Crippen LogP contribution in [-0.2, 0) is 6.54 Å². The molecule has 9 nitrogen and oxygen atoms in total. The zero-order valence-corrected chi connectivity index (χ0v) is 23.0. The van der Waals surface area contributed by atoms with Crippen LogP contribution in [-0.4, -0.2) is 70.7 Å². The van der Waals surface area contributed by atoms with Gasteiger partial charge in [0.15, 0.2) is 0 Å². The number of hydrogen-bond acceptors (Lipinski definition) is 8. The van der Waals surface area contributed by atoms with Crippen molar-refractivity contribution in [3.63, 3.8) is 0 Å². The number of hydrogen-bond donors (Lipinski definition) is 4. The number of benzene rings is 2. The van der Waals surface area contributed by atoms with Crippen LogP contribution in [0.3, 0.4) is 0 Å². The Labute approximate surface area is 230 Å². The molecule has 1 fully saturated rings. The first-order chi connectivity index (χ1) is 18.7. The van der Waals surface area contributed by atoms with Crippen LogP contribution in [0.5, 0.6) is 0 Å². The molecule has 2 heterocycles. The molecule has 5 N–H and O–H groups in total. The number of rotatable bonds is 7. The minimum absolute atomic E-state index is 0.0155. The fourth-order valence-electron chi connectivity index (χ4n) is 4.28. The van der Waals surface area contributed by atoms with Crippen molar-refractivity contribution >= 4 is 28.9 Å². The van der Waals surface area contributed by atoms with Gasteiger partial charge in [0.25, 0.3) is 5.91 Å². The Morgan fingerprint density at radius 2 is 1.82 bits per heavy atom. The summed E-state index contributed by atoms with van der Waals surface area (Å²) in [7, 11) is 2.15. The van der Waals surface area contributed by atoms with Gasteiger partial charge >= 0.3 is 0 Å². The minimum Gasteiger partial charge on any atom is -0.383 e. The number of likely N-dealkylation sites (N-methyl/N-ethyl adjacent to an activating group) is 1. The van der Waals surface area contributed by atoms with Gasteiger partial charge in [0, 0.05) is 55.6 Å². The van der Waals surface area contributed by atoms with E-state index in [1.54, 1.807) is 0 Å². The highest BCUT2D eigenvalue weighted by molar-refractivity contribution is 6.16. The number of amides is 1. The number of nitrogen functional groups attached to an aromatic ring is 1. The lowest BCUT2D eigenvalue weighted by Crippen LogP contribution is -2.43. The number of piperazine rings is 1. The van der Waals surface area contributed by atoms with Crippen molar-refractivity contribution in [3.8, 4) is 11.8 Å². The maximum absolute atomic E-state index is 12.9. The van der Waals surface area contributed by atoms with Gasteiger partial charge in [-0.25, -0.2) is 9.97 Å². The van der Waals surface area contributed by atoms with E-state index in [1.165, 1.54) is 11.9 Å². The van der Waals surface area contributed by atoms with E-state index in [4.69, 9.17) is 11.1 Å². The smallest absolute Gasteiger partial charge is 0.255 e. The topological polar surface area (TPSA) is 123 Å². The van der Waals surface area contributed by atoms with Crippen LogP contribution in [0.1, 0.15) is 46.5 Å². The average molecular weight is 525 g/mol. The van der Waals surface area contributed by atoms with Gasteiger partial charge in [0.2, 0.25) is 0 Å². The van der Waals surface area contributed by atoms with Crippen molar-refractivity contribution in [3.05, 3.63) is 76.6 Å². The van der Waals surface area contributed by atoms with E-state index < -0.39 is 0 Å². The van der Waals surface area contributed by atoms with Gasteiger partial charge in [0.05, 0.1) is 5.56 Å². The molecule has 9 heteroatoms. The van der Waals surface area contributed by atoms with Crippen LogP contribution < -0.4 is 16.4 Å². The predicted octanol–water partition coefficient (Wildman–Crippen LogP) is 3.61. The van der Waals surface area contributed by atoms with Crippen LogP contribution in [0, 0.1) is 24.2 Å². The molecule has 0 radical (unpaired) electrons. The Morgan fingerprint density at radius 1 is 1.10 bits per heavy atom. The molecule has 1 aliphatic rings. The summed E-state index contributed by atoms with van der Waals surface area (Å²) in [5.74, 6) is 6.41. The average Bonchev–Trinajstić information content (AvgIpc) is 2.90. The molecule has 0 atom stereocenters. The monoisotopic (exact) mass is 524 g/mol. The zero-order chi connectivity index (χ0) is 27.9. The van der Waals surface area contributed by atoms with Crippen molar-refractivity contribution in [1.29, 1.82) is 5.41 Å². The third-order valence-corrected chi connectivity index (χ3v) is 6.59. The first-order valence-electron chi connectivity index (χ1n) is 13.1. The molecular weight excluding hydrogens is 488 g/mol. The van der Waals surface area contributed by atoms with Crippen molar-refractivity contribution in [2.45, 2.75) is 33.4 Å². The predicted molar refractivity (Wildman–Crippen MR) is 157 cm³/mol. The Balaban J connectivity index is 1.44. The summed E-state index contributed by atoms with van der Waals surface area (Å²) in [4.78, 5) is 25.9. The number of carbonyl (C=O) groups excluding carboxylic acids is 1. The SMILES string of the molecule is Cc1ccc(NC(=O)c2ccc(CN3CCN(C)CC3)cc2)cc1C#CC(=N)c1c(N)ncnc1NC(C)C. The van der Waals surface area contributed by atoms with Gasteiger partial charge in [-0.15, -0.1) is 0 Å². The van der Waals surface area contributed by atoms with E-state index in [1.807, 2.05) is 63.2 Å². The van der Waals surface area contributed by atoms with Gasteiger partial charge in [-0.1, -0.05) is 24.1 Å². The highest BCUT2D eigenvalue weighted by Crippen LogP contribution is 2.20. The number of aryl methyl sites for hydroxylation is 1. The van der Waals surface area contributed by atoms with E-state index in [-0.39, 0.29) is 23.5 Å². The molecule has 2 aromatic carbocycles. The largest absolute Gasteiger partial charge is 0.383 e. The Hall–Kier alpha value is -4.26. The van der Waals surface area contributed by atoms with Gasteiger partial charge in [0.1, 0.15) is 23.7 Å². The summed E-state index contributed by atoms with van der Waals surface area (Å²) in [5, 5.41) is 14.7. The number of nitrogens with two attached hydrogens (primary N) is 1. The van der Waals surface area contributed by atoms with Crippen molar-refractivity contribution in [2.75, 3.05) is 49.6 Å². The number of carbonyl (C=O) groups is 1. The van der Waals surface area contributed by atoms with Crippen LogP contribution in [0.2, 0.25) is 0 Å². The first kappa shape index (κ1) is 27.8. The molecular formula is C30H36N8O. The third-order valence-electron chi connectivity index (χ3n) is 6.59. The molecule has 202 valence electrons. The lowest BCUT2D eigenvalue weighted by Gasteiger charge is -2.32. The quantitative estimate of drug-likeness (QED) is 0.275. The lowest BCUT2D eigenvalue weighted by molar-refractivity contribution is 0.102. The van der Waals surface area contributed by atoms with Crippen LogP contribution in [0.15, 0.2) is 48.8 Å². The molecule has 39 heavy (non-hydrogen) atoms. The molecule has 1 amide bonds. The second-order valence-corrected chi connectivity index (χ2v) is 10.2. The van der Waals surface area contributed by atoms with Gasteiger partial charge in [-0.2, -0.15) is 0 Å². The third kappa shape index (κ3) is 7.41. The fraction of sp³-hybridized carbons (Fsp3) is 0.333. The van der Waals surface area contributed by atoms with E-state index in [0.717, 1.165) is 38.3 Å². The van der Waals surface area contributed by atoms with Gasteiger partial charge in [-0.05, 0) is 69.1 Å². The Kier molecular flexibility index (Phi) is 8.92. The molecule has 0 unspecified atom stereocenters. The highest BCUT2D eigenvalue weighted by atomic mass is 16.1. The number of aromatic nitrogens is 2. The molecule has 3 aromatic rings. The first-order valence-corrected chi connectivity index (χ1v) is 13.1. The second-order valence-electron chi connectivity index (χ2n) is 10.2. The summed E-state index contributed by atoms with van der Waals surface area (Å²) in [6.45, 7) is 11.0. The van der Waals surface area contributed by atoms with E-state index in [0.29, 0.717) is 28.2 Å². The lowest BCUT2D eigenvalue weighted by atomic mass is 10.1. The second kappa shape index (κ2) is 12.5. The summed E-state index contributed by atoms with van der Waals surface area (Å²) in [6.07, 6.45) is 1.36. The Bertz CT molecular complexity index is 1400. The fourth-order valence-corrected chi connectivity index (χ4v) is 4.28. The standard InChI is InChI=1S/C30H36N8O/c1-20(2)35-29-27(28(32)33-19-34-29)26(31)12-10-24-17-25(11-5-21(24)3)36-30(39)23-8-6-22(7-9-23)18-38-15-13-37(4)14-16-38/h5-9,11,17,19-20,31H,13-16,18H2,1-4H3,(H,36,39)(H3,32,33,34,35). The molecule has 0 saturated carbocycles. The molecule has 4 rings (SSSR count). The Morgan fingerprint density at radius 3 is 2.51 bits per heavy atom. The van der Waals surface area contributed by atoms with Gasteiger partial charge in [-0.3, -0.25) is 15.1 Å². The summed E-state index contributed by atoms with van der Waals surface area (Å²) < 4.78 is 0. The van der Waals surface area contributed by atoms with E-state index in [2.05, 4.69) is 49.3 Å². The van der Waals surface area contributed by atoms with Crippen LogP contribution in [0.4, 0.5) is 17.3 Å². The summed E-state index contributed by atoms with van der Waals surface area (Å²) in [6, 6.07) is 13.4. The molecule has 0 bridgehead atoms. The number of nitrogens with one attached hydrogen (secondary N) is 3.